The Kier molecular flexibility index (Phi) is 7.44. The van der Waals surface area contributed by atoms with Crippen LogP contribution in [0.4, 0.5) is 0 Å². The molecule has 0 unspecified atom stereocenters. The van der Waals surface area contributed by atoms with Gasteiger partial charge in [0.25, 0.3) is 0 Å². The molecule has 0 fully saturated rings. The maximum absolute atomic E-state index is 13.0. The number of methoxy groups -OCH3 is 1. The van der Waals surface area contributed by atoms with Gasteiger partial charge in [0.05, 0.1) is 25.8 Å². The highest BCUT2D eigenvalue weighted by atomic mass is 79.9. The summed E-state index contributed by atoms with van der Waals surface area (Å²) in [4.78, 5) is 14.4. The van der Waals surface area contributed by atoms with Crippen molar-refractivity contribution in [2.75, 3.05) is 20.2 Å². The summed E-state index contributed by atoms with van der Waals surface area (Å²) in [5.74, 6) is 1.95. The summed E-state index contributed by atoms with van der Waals surface area (Å²) < 4.78 is 12.3. The van der Waals surface area contributed by atoms with Crippen LogP contribution in [0, 0.1) is 11.8 Å². The molecule has 6 heteroatoms. The van der Waals surface area contributed by atoms with Crippen LogP contribution >= 0.6 is 15.9 Å². The predicted octanol–water partition coefficient (Wildman–Crippen LogP) is 3.84. The molecule has 0 saturated carbocycles. The molecule has 31 heavy (non-hydrogen) atoms. The minimum atomic E-state index is -0.215. The first-order valence-electron chi connectivity index (χ1n) is 10.6. The van der Waals surface area contributed by atoms with Crippen molar-refractivity contribution in [1.29, 1.82) is 0 Å². The minimum absolute atomic E-state index is 0.0853. The molecule has 3 rings (SSSR count). The van der Waals surface area contributed by atoms with Crippen molar-refractivity contribution in [2.45, 2.75) is 34.2 Å². The molecule has 0 saturated heterocycles. The van der Waals surface area contributed by atoms with Crippen LogP contribution in [-0.2, 0) is 6.54 Å². The molecular formula is C25H30BrNO4. The number of rotatable bonds is 8. The molecule has 0 aliphatic carbocycles. The Hall–Kier alpha value is -2.31. The first-order chi connectivity index (χ1) is 14.7. The first-order valence-corrected chi connectivity index (χ1v) is 11.4. The number of fused-ring (bicyclic) bond motifs is 1. The second kappa shape index (κ2) is 9.88. The molecule has 1 heterocycles. The van der Waals surface area contributed by atoms with Gasteiger partial charge in [-0.3, -0.25) is 4.79 Å². The van der Waals surface area contributed by atoms with Crippen molar-refractivity contribution < 1.29 is 24.3 Å². The number of carbonyl (C=O) groups excluding carboxylic acids is 1. The summed E-state index contributed by atoms with van der Waals surface area (Å²) in [5, 5.41) is 12.8. The van der Waals surface area contributed by atoms with E-state index in [1.807, 2.05) is 18.2 Å². The van der Waals surface area contributed by atoms with Crippen LogP contribution in [0.25, 0.3) is 6.08 Å². The zero-order valence-electron chi connectivity index (χ0n) is 18.8. The van der Waals surface area contributed by atoms with Gasteiger partial charge in [0.15, 0.2) is 5.76 Å². The second-order valence-corrected chi connectivity index (χ2v) is 9.78. The quantitative estimate of drug-likeness (QED) is 0.574. The Morgan fingerprint density at radius 2 is 1.81 bits per heavy atom. The summed E-state index contributed by atoms with van der Waals surface area (Å²) in [7, 11) is 1.58. The Morgan fingerprint density at radius 3 is 2.42 bits per heavy atom. The SMILES string of the molecule is COc1ccc(Br)cc1C=C1Oc2c(ccc([O-])c2C[NH+](CC(C)C)CC(C)C)C1=O. The highest BCUT2D eigenvalue weighted by molar-refractivity contribution is 9.10. The highest BCUT2D eigenvalue weighted by Crippen LogP contribution is 2.39. The normalized spacial score (nSPS) is 14.6. The summed E-state index contributed by atoms with van der Waals surface area (Å²) in [6.45, 7) is 11.2. The molecule has 0 bridgehead atoms. The van der Waals surface area contributed by atoms with Crippen LogP contribution < -0.4 is 19.5 Å². The standard InChI is InChI=1S/C25H30BrNO4/c1-15(2)12-27(13-16(3)4)14-20-21(28)8-7-19-24(29)23(31-25(19)20)11-17-10-18(26)6-9-22(17)30-5/h6-11,15-16,28H,12-14H2,1-5H3. The van der Waals surface area contributed by atoms with E-state index >= 15 is 0 Å². The van der Waals surface area contributed by atoms with Crippen molar-refractivity contribution in [3.8, 4) is 17.2 Å². The molecule has 2 aromatic carbocycles. The summed E-state index contributed by atoms with van der Waals surface area (Å²) >= 11 is 3.45. The van der Waals surface area contributed by atoms with Crippen LogP contribution in [-0.4, -0.2) is 26.0 Å². The van der Waals surface area contributed by atoms with Crippen molar-refractivity contribution in [1.82, 2.24) is 0 Å². The number of quaternary nitrogens is 1. The number of nitrogens with one attached hydrogen (secondary N) is 1. The molecule has 1 aliphatic heterocycles. The smallest absolute Gasteiger partial charge is 0.231 e. The number of ketones is 1. The van der Waals surface area contributed by atoms with Gasteiger partial charge in [-0.1, -0.05) is 55.4 Å². The number of benzene rings is 2. The molecule has 5 nitrogen and oxygen atoms in total. The largest absolute Gasteiger partial charge is 0.872 e. The van der Waals surface area contributed by atoms with Crippen molar-refractivity contribution in [2.24, 2.45) is 11.8 Å². The van der Waals surface area contributed by atoms with Crippen molar-refractivity contribution >= 4 is 27.8 Å². The molecule has 1 aliphatic rings. The third kappa shape index (κ3) is 5.49. The van der Waals surface area contributed by atoms with E-state index in [4.69, 9.17) is 9.47 Å². The van der Waals surface area contributed by atoms with Gasteiger partial charge in [0, 0.05) is 27.4 Å². The molecule has 166 valence electrons. The van der Waals surface area contributed by atoms with Crippen molar-refractivity contribution in [3.63, 3.8) is 0 Å². The molecular weight excluding hydrogens is 458 g/mol. The Bertz CT molecular complexity index is 987. The van der Waals surface area contributed by atoms with E-state index in [2.05, 4.69) is 43.6 Å². The molecule has 1 N–H and O–H groups in total. The van der Waals surface area contributed by atoms with E-state index in [9.17, 15) is 9.90 Å². The lowest BCUT2D eigenvalue weighted by molar-refractivity contribution is -0.919. The maximum atomic E-state index is 13.0. The first kappa shape index (κ1) is 23.4. The van der Waals surface area contributed by atoms with Crippen LogP contribution in [0.1, 0.15) is 49.2 Å². The molecule has 0 atom stereocenters. The van der Waals surface area contributed by atoms with E-state index < -0.39 is 0 Å². The van der Waals surface area contributed by atoms with Crippen LogP contribution in [0.15, 0.2) is 40.6 Å². The molecule has 0 radical (unpaired) electrons. The van der Waals surface area contributed by atoms with Crippen LogP contribution in [0.3, 0.4) is 0 Å². The summed E-state index contributed by atoms with van der Waals surface area (Å²) in [6, 6.07) is 8.62. The van der Waals surface area contributed by atoms with E-state index in [0.29, 0.717) is 41.0 Å². The van der Waals surface area contributed by atoms with E-state index in [0.717, 1.165) is 23.1 Å². The molecule has 0 amide bonds. The molecule has 0 aromatic heterocycles. The number of ether oxygens (including phenoxy) is 2. The number of Topliss-reactive ketones (excluding diaryl/α,β-unsaturated/α-hetero) is 1. The Labute approximate surface area is 192 Å². The predicted molar refractivity (Wildman–Crippen MR) is 124 cm³/mol. The number of hydrogen-bond acceptors (Lipinski definition) is 4. The number of allylic oxidation sites excluding steroid dienone is 1. The Morgan fingerprint density at radius 1 is 1.13 bits per heavy atom. The van der Waals surface area contributed by atoms with E-state index in [1.165, 1.54) is 11.0 Å². The maximum Gasteiger partial charge on any atom is 0.231 e. The lowest BCUT2D eigenvalue weighted by atomic mass is 10.0. The summed E-state index contributed by atoms with van der Waals surface area (Å²) in [5.41, 5.74) is 1.75. The lowest BCUT2D eigenvalue weighted by Crippen LogP contribution is -3.11. The fourth-order valence-corrected chi connectivity index (χ4v) is 4.43. The monoisotopic (exact) mass is 487 g/mol. The van der Waals surface area contributed by atoms with Gasteiger partial charge in [-0.15, -0.1) is 0 Å². The second-order valence-electron chi connectivity index (χ2n) is 8.87. The van der Waals surface area contributed by atoms with Crippen molar-refractivity contribution in [3.05, 3.63) is 57.3 Å². The average Bonchev–Trinajstić information content (AvgIpc) is 2.99. The van der Waals surface area contributed by atoms with Gasteiger partial charge in [0.2, 0.25) is 5.78 Å². The van der Waals surface area contributed by atoms with E-state index in [-0.39, 0.29) is 17.3 Å². The van der Waals surface area contributed by atoms with Gasteiger partial charge < -0.3 is 19.5 Å². The Balaban J connectivity index is 1.97. The minimum Gasteiger partial charge on any atom is -0.872 e. The summed E-state index contributed by atoms with van der Waals surface area (Å²) in [6.07, 6.45) is 1.67. The topological polar surface area (TPSA) is 63.0 Å². The van der Waals surface area contributed by atoms with Crippen LogP contribution in [0.2, 0.25) is 0 Å². The van der Waals surface area contributed by atoms with E-state index in [1.54, 1.807) is 19.3 Å². The number of hydrogen-bond donors (Lipinski definition) is 1. The van der Waals surface area contributed by atoms with Gasteiger partial charge in [-0.25, -0.2) is 0 Å². The number of carbonyl (C=O) groups is 1. The third-order valence-electron chi connectivity index (χ3n) is 5.20. The van der Waals surface area contributed by atoms with Gasteiger partial charge in [-0.05, 0) is 30.3 Å². The van der Waals surface area contributed by atoms with Gasteiger partial charge in [-0.2, -0.15) is 0 Å². The third-order valence-corrected chi connectivity index (χ3v) is 5.69. The molecule has 2 aromatic rings. The molecule has 0 spiro atoms. The lowest BCUT2D eigenvalue weighted by Gasteiger charge is -2.26. The van der Waals surface area contributed by atoms with Gasteiger partial charge in [0.1, 0.15) is 18.0 Å². The fourth-order valence-electron chi connectivity index (χ4n) is 4.05. The number of halogens is 1. The zero-order chi connectivity index (χ0) is 22.7. The average molecular weight is 488 g/mol. The van der Waals surface area contributed by atoms with Gasteiger partial charge >= 0.3 is 0 Å². The van der Waals surface area contributed by atoms with Crippen LogP contribution in [0.5, 0.6) is 17.2 Å². The highest BCUT2D eigenvalue weighted by Gasteiger charge is 2.31. The zero-order valence-corrected chi connectivity index (χ0v) is 20.3. The fraction of sp³-hybridized carbons (Fsp3) is 0.400.